The maximum absolute atomic E-state index is 11.8. The molecule has 6 heteroatoms. The molecule has 0 aliphatic carbocycles. The van der Waals surface area contributed by atoms with Crippen LogP contribution in [-0.2, 0) is 4.79 Å². The lowest BCUT2D eigenvalue weighted by Crippen LogP contribution is -2.25. The molecule has 0 bridgehead atoms. The van der Waals surface area contributed by atoms with Crippen molar-refractivity contribution in [2.24, 2.45) is 5.10 Å². The van der Waals surface area contributed by atoms with Crippen molar-refractivity contribution >= 4 is 23.2 Å². The molecule has 1 N–H and O–H groups in total. The number of hydrogen-bond acceptors (Lipinski definition) is 4. The topological polar surface area (TPSA) is 74.5 Å². The van der Waals surface area contributed by atoms with Gasteiger partial charge in [0.05, 0.1) is 11.3 Å². The molecule has 116 valence electrons. The van der Waals surface area contributed by atoms with Crippen molar-refractivity contribution in [3.05, 3.63) is 64.7 Å². The number of nitrogens with one attached hydrogen (secondary N) is 1. The standard InChI is InChI=1S/C17H14ClN3O2/c1-12(13-6-4-7-15(18)9-13)20-21-17(22)11-23-16-8-3-2-5-14(16)10-19/h2-9H,11H2,1H3,(H,21,22)/b20-12-. The van der Waals surface area contributed by atoms with Crippen molar-refractivity contribution in [2.45, 2.75) is 6.92 Å². The summed E-state index contributed by atoms with van der Waals surface area (Å²) in [7, 11) is 0. The minimum atomic E-state index is -0.417. The first-order valence-electron chi connectivity index (χ1n) is 6.81. The highest BCUT2D eigenvalue weighted by molar-refractivity contribution is 6.31. The lowest BCUT2D eigenvalue weighted by molar-refractivity contribution is -0.123. The van der Waals surface area contributed by atoms with Crippen molar-refractivity contribution < 1.29 is 9.53 Å². The first-order valence-corrected chi connectivity index (χ1v) is 7.19. The molecule has 0 aromatic heterocycles. The summed E-state index contributed by atoms with van der Waals surface area (Å²) in [4.78, 5) is 11.8. The van der Waals surface area contributed by atoms with Gasteiger partial charge >= 0.3 is 0 Å². The van der Waals surface area contributed by atoms with E-state index in [1.54, 1.807) is 49.4 Å². The summed E-state index contributed by atoms with van der Waals surface area (Å²) in [5, 5.41) is 13.5. The molecule has 0 unspecified atom stereocenters. The molecule has 0 aliphatic rings. The molecule has 1 amide bonds. The fourth-order valence-electron chi connectivity index (χ4n) is 1.78. The predicted octanol–water partition coefficient (Wildman–Crippen LogP) is 3.13. The lowest BCUT2D eigenvalue weighted by atomic mass is 10.1. The first-order chi connectivity index (χ1) is 11.1. The van der Waals surface area contributed by atoms with Crippen LogP contribution in [0, 0.1) is 11.3 Å². The quantitative estimate of drug-likeness (QED) is 0.677. The van der Waals surface area contributed by atoms with Crippen molar-refractivity contribution in [1.82, 2.24) is 5.43 Å². The highest BCUT2D eigenvalue weighted by Crippen LogP contribution is 2.16. The molecular weight excluding hydrogens is 314 g/mol. The Hall–Kier alpha value is -2.84. The fourth-order valence-corrected chi connectivity index (χ4v) is 1.98. The van der Waals surface area contributed by atoms with E-state index >= 15 is 0 Å². The van der Waals surface area contributed by atoms with Crippen LogP contribution in [0.5, 0.6) is 5.75 Å². The van der Waals surface area contributed by atoms with Gasteiger partial charge in [0.15, 0.2) is 6.61 Å². The number of amides is 1. The summed E-state index contributed by atoms with van der Waals surface area (Å²) >= 11 is 5.91. The number of nitriles is 1. The van der Waals surface area contributed by atoms with E-state index in [1.165, 1.54) is 0 Å². The monoisotopic (exact) mass is 327 g/mol. The average molecular weight is 328 g/mol. The van der Waals surface area contributed by atoms with Gasteiger partial charge in [-0.15, -0.1) is 0 Å². The normalized spacial score (nSPS) is 10.7. The maximum atomic E-state index is 11.8. The maximum Gasteiger partial charge on any atom is 0.277 e. The van der Waals surface area contributed by atoms with Gasteiger partial charge in [-0.25, -0.2) is 5.43 Å². The van der Waals surface area contributed by atoms with E-state index in [0.717, 1.165) is 5.56 Å². The molecule has 23 heavy (non-hydrogen) atoms. The predicted molar refractivity (Wildman–Crippen MR) is 88.5 cm³/mol. The zero-order chi connectivity index (χ0) is 16.7. The number of carbonyl (C=O) groups excluding carboxylic acids is 1. The number of benzene rings is 2. The van der Waals surface area contributed by atoms with E-state index in [2.05, 4.69) is 10.5 Å². The number of para-hydroxylation sites is 1. The number of halogens is 1. The Balaban J connectivity index is 1.92. The molecule has 0 saturated carbocycles. The molecule has 0 saturated heterocycles. The van der Waals surface area contributed by atoms with Gasteiger partial charge in [-0.3, -0.25) is 4.79 Å². The van der Waals surface area contributed by atoms with Crippen LogP contribution >= 0.6 is 11.6 Å². The Morgan fingerprint density at radius 1 is 1.30 bits per heavy atom. The molecule has 0 spiro atoms. The highest BCUT2D eigenvalue weighted by atomic mass is 35.5. The minimum Gasteiger partial charge on any atom is -0.482 e. The molecular formula is C17H14ClN3O2. The van der Waals surface area contributed by atoms with Crippen LogP contribution in [0.25, 0.3) is 0 Å². The van der Waals surface area contributed by atoms with Gasteiger partial charge in [0.1, 0.15) is 11.8 Å². The number of hydrogen-bond donors (Lipinski definition) is 1. The van der Waals surface area contributed by atoms with Crippen LogP contribution in [0.1, 0.15) is 18.1 Å². The van der Waals surface area contributed by atoms with Gasteiger partial charge < -0.3 is 4.74 Å². The Bertz CT molecular complexity index is 781. The zero-order valence-corrected chi connectivity index (χ0v) is 13.2. The second-order valence-corrected chi connectivity index (χ2v) is 5.08. The van der Waals surface area contributed by atoms with Crippen LogP contribution in [-0.4, -0.2) is 18.2 Å². The van der Waals surface area contributed by atoms with Crippen molar-refractivity contribution in [1.29, 1.82) is 5.26 Å². The number of hydrazone groups is 1. The average Bonchev–Trinajstić information content (AvgIpc) is 2.58. The highest BCUT2D eigenvalue weighted by Gasteiger charge is 2.06. The molecule has 0 atom stereocenters. The summed E-state index contributed by atoms with van der Waals surface area (Å²) < 4.78 is 5.32. The largest absolute Gasteiger partial charge is 0.482 e. The van der Waals surface area contributed by atoms with Crippen molar-refractivity contribution in [2.75, 3.05) is 6.61 Å². The van der Waals surface area contributed by atoms with E-state index in [9.17, 15) is 4.79 Å². The molecule has 0 radical (unpaired) electrons. The third-order valence-electron chi connectivity index (χ3n) is 2.96. The Morgan fingerprint density at radius 3 is 2.83 bits per heavy atom. The van der Waals surface area contributed by atoms with E-state index < -0.39 is 5.91 Å². The molecule has 0 fully saturated rings. The molecule has 2 aromatic carbocycles. The first kappa shape index (κ1) is 16.5. The van der Waals surface area contributed by atoms with Crippen LogP contribution < -0.4 is 10.2 Å². The Labute approximate surface area is 139 Å². The van der Waals surface area contributed by atoms with Gasteiger partial charge in [0.25, 0.3) is 5.91 Å². The second kappa shape index (κ2) is 7.97. The molecule has 0 aliphatic heterocycles. The lowest BCUT2D eigenvalue weighted by Gasteiger charge is -2.07. The zero-order valence-electron chi connectivity index (χ0n) is 12.4. The smallest absolute Gasteiger partial charge is 0.277 e. The Kier molecular flexibility index (Phi) is 5.73. The third kappa shape index (κ3) is 4.83. The van der Waals surface area contributed by atoms with E-state index in [-0.39, 0.29) is 6.61 Å². The van der Waals surface area contributed by atoms with E-state index in [4.69, 9.17) is 21.6 Å². The fraction of sp³-hybridized carbons (Fsp3) is 0.118. The van der Waals surface area contributed by atoms with Gasteiger partial charge in [-0.1, -0.05) is 35.9 Å². The molecule has 0 heterocycles. The number of ether oxygens (including phenoxy) is 1. The summed E-state index contributed by atoms with van der Waals surface area (Å²) in [6, 6.07) is 15.9. The summed E-state index contributed by atoms with van der Waals surface area (Å²) in [5.74, 6) is -0.0557. The molecule has 2 rings (SSSR count). The van der Waals surface area contributed by atoms with Gasteiger partial charge in [0.2, 0.25) is 0 Å². The van der Waals surface area contributed by atoms with E-state index in [1.807, 2.05) is 12.1 Å². The van der Waals surface area contributed by atoms with Gasteiger partial charge in [-0.2, -0.15) is 10.4 Å². The van der Waals surface area contributed by atoms with Gasteiger partial charge in [-0.05, 0) is 36.8 Å². The van der Waals surface area contributed by atoms with Crippen LogP contribution in [0.3, 0.4) is 0 Å². The number of nitrogens with zero attached hydrogens (tertiary/aromatic N) is 2. The second-order valence-electron chi connectivity index (χ2n) is 4.64. The Morgan fingerprint density at radius 2 is 2.09 bits per heavy atom. The van der Waals surface area contributed by atoms with Crippen LogP contribution in [0.4, 0.5) is 0 Å². The summed E-state index contributed by atoms with van der Waals surface area (Å²) in [6.07, 6.45) is 0. The number of rotatable bonds is 5. The van der Waals surface area contributed by atoms with Crippen molar-refractivity contribution in [3.8, 4) is 11.8 Å². The minimum absolute atomic E-state index is 0.231. The van der Waals surface area contributed by atoms with Crippen LogP contribution in [0.2, 0.25) is 5.02 Å². The van der Waals surface area contributed by atoms with Crippen molar-refractivity contribution in [3.63, 3.8) is 0 Å². The third-order valence-corrected chi connectivity index (χ3v) is 3.19. The SMILES string of the molecule is C/C(=N/NC(=O)COc1ccccc1C#N)c1cccc(Cl)c1. The molecule has 5 nitrogen and oxygen atoms in total. The van der Waals surface area contributed by atoms with E-state index in [0.29, 0.717) is 22.0 Å². The summed E-state index contributed by atoms with van der Waals surface area (Å²) in [5.41, 5.74) is 4.22. The number of carbonyl (C=O) groups is 1. The summed E-state index contributed by atoms with van der Waals surface area (Å²) in [6.45, 7) is 1.53. The molecule has 2 aromatic rings. The van der Waals surface area contributed by atoms with Gasteiger partial charge in [0, 0.05) is 5.02 Å². The van der Waals surface area contributed by atoms with Crippen LogP contribution in [0.15, 0.2) is 53.6 Å².